The van der Waals surface area contributed by atoms with Gasteiger partial charge in [0, 0.05) is 3.57 Å². The molecule has 0 amide bonds. The molecule has 0 aliphatic carbocycles. The third kappa shape index (κ3) is 5.19. The Balaban J connectivity index is 1.60. The van der Waals surface area contributed by atoms with Crippen molar-refractivity contribution in [2.75, 3.05) is 6.61 Å². The SMILES string of the molecule is CCOc1cc(/C=C2\N=C(c3ccco3)OC2=O)cc(Br)c1OCc1ccc(I)cc1. The largest absolute Gasteiger partial charge is 0.490 e. The second kappa shape index (κ2) is 9.69. The lowest BCUT2D eigenvalue weighted by molar-refractivity contribution is -0.130. The van der Waals surface area contributed by atoms with E-state index in [0.717, 1.165) is 5.56 Å². The maximum Gasteiger partial charge on any atom is 0.363 e. The first-order valence-electron chi connectivity index (χ1n) is 9.43. The van der Waals surface area contributed by atoms with E-state index in [1.807, 2.05) is 37.3 Å². The summed E-state index contributed by atoms with van der Waals surface area (Å²) in [4.78, 5) is 16.5. The molecule has 158 valence electrons. The summed E-state index contributed by atoms with van der Waals surface area (Å²) in [5, 5.41) is 0. The molecule has 1 aliphatic rings. The molecule has 0 unspecified atom stereocenters. The summed E-state index contributed by atoms with van der Waals surface area (Å²) in [5.41, 5.74) is 1.94. The van der Waals surface area contributed by atoms with Crippen LogP contribution in [0.3, 0.4) is 0 Å². The first kappa shape index (κ1) is 21.6. The van der Waals surface area contributed by atoms with Crippen molar-refractivity contribution in [1.29, 1.82) is 0 Å². The Labute approximate surface area is 201 Å². The van der Waals surface area contributed by atoms with E-state index in [-0.39, 0.29) is 11.6 Å². The van der Waals surface area contributed by atoms with Crippen molar-refractivity contribution in [3.63, 3.8) is 0 Å². The molecule has 2 aromatic carbocycles. The number of rotatable bonds is 7. The molecule has 1 aliphatic heterocycles. The molecule has 2 heterocycles. The van der Waals surface area contributed by atoms with Crippen LogP contribution in [0.15, 0.2) is 74.4 Å². The molecule has 6 nitrogen and oxygen atoms in total. The number of carbonyl (C=O) groups excluding carboxylic acids is 1. The number of hydrogen-bond donors (Lipinski definition) is 0. The molecule has 3 aromatic rings. The predicted molar refractivity (Wildman–Crippen MR) is 128 cm³/mol. The summed E-state index contributed by atoms with van der Waals surface area (Å²) in [6.45, 7) is 2.77. The number of benzene rings is 2. The lowest BCUT2D eigenvalue weighted by Crippen LogP contribution is -2.04. The van der Waals surface area contributed by atoms with Crippen molar-refractivity contribution in [2.24, 2.45) is 4.99 Å². The van der Waals surface area contributed by atoms with Crippen LogP contribution in [0.2, 0.25) is 0 Å². The molecule has 0 saturated heterocycles. The fourth-order valence-electron chi connectivity index (χ4n) is 2.88. The standard InChI is InChI=1S/C23H17BrINO5/c1-2-28-20-12-15(11-18-23(27)31-22(26-18)19-4-3-9-29-19)10-17(24)21(20)30-13-14-5-7-16(25)8-6-14/h3-12H,2,13H2,1H3/b18-11-. The molecule has 4 rings (SSSR count). The van der Waals surface area contributed by atoms with Crippen molar-refractivity contribution in [1.82, 2.24) is 0 Å². The topological polar surface area (TPSA) is 70.3 Å². The van der Waals surface area contributed by atoms with Gasteiger partial charge in [-0.1, -0.05) is 12.1 Å². The minimum atomic E-state index is -0.542. The smallest absolute Gasteiger partial charge is 0.363 e. The van der Waals surface area contributed by atoms with E-state index >= 15 is 0 Å². The molecule has 0 fully saturated rings. The van der Waals surface area contributed by atoms with Crippen LogP contribution in [-0.2, 0) is 16.1 Å². The van der Waals surface area contributed by atoms with Crippen molar-refractivity contribution >= 4 is 56.5 Å². The maximum atomic E-state index is 12.2. The molecular weight excluding hydrogens is 577 g/mol. The first-order chi connectivity index (χ1) is 15.0. The van der Waals surface area contributed by atoms with Crippen LogP contribution in [-0.4, -0.2) is 18.5 Å². The van der Waals surface area contributed by atoms with Crippen LogP contribution in [0.25, 0.3) is 6.08 Å². The fraction of sp³-hybridized carbons (Fsp3) is 0.130. The highest BCUT2D eigenvalue weighted by atomic mass is 127. The molecule has 8 heteroatoms. The number of esters is 1. The Morgan fingerprint density at radius 1 is 1.16 bits per heavy atom. The van der Waals surface area contributed by atoms with Crippen LogP contribution in [0.4, 0.5) is 0 Å². The van der Waals surface area contributed by atoms with E-state index in [1.54, 1.807) is 24.3 Å². The molecule has 0 radical (unpaired) electrons. The second-order valence-electron chi connectivity index (χ2n) is 6.49. The minimum absolute atomic E-state index is 0.142. The summed E-state index contributed by atoms with van der Waals surface area (Å²) >= 11 is 5.82. The van der Waals surface area contributed by atoms with Crippen LogP contribution >= 0.6 is 38.5 Å². The first-order valence-corrected chi connectivity index (χ1v) is 11.3. The van der Waals surface area contributed by atoms with E-state index in [4.69, 9.17) is 18.6 Å². The minimum Gasteiger partial charge on any atom is -0.490 e. The number of aliphatic imine (C=N–C) groups is 1. The summed E-state index contributed by atoms with van der Waals surface area (Å²) < 4.78 is 24.1. The van der Waals surface area contributed by atoms with Gasteiger partial charge in [0.1, 0.15) is 6.61 Å². The molecule has 0 N–H and O–H groups in total. The number of carbonyl (C=O) groups is 1. The van der Waals surface area contributed by atoms with E-state index in [1.165, 1.54) is 9.83 Å². The number of furan rings is 1. The number of cyclic esters (lactones) is 1. The number of ether oxygens (including phenoxy) is 3. The van der Waals surface area contributed by atoms with Crippen molar-refractivity contribution in [3.05, 3.63) is 85.4 Å². The van der Waals surface area contributed by atoms with Crippen LogP contribution in [0.1, 0.15) is 23.8 Å². The number of halogens is 2. The number of nitrogens with zero attached hydrogens (tertiary/aromatic N) is 1. The summed E-state index contributed by atoms with van der Waals surface area (Å²) in [6, 6.07) is 15.1. The predicted octanol–water partition coefficient (Wildman–Crippen LogP) is 5.97. The van der Waals surface area contributed by atoms with Gasteiger partial charge in [-0.05, 0) is 99.0 Å². The summed E-state index contributed by atoms with van der Waals surface area (Å²) in [5.74, 6) is 1.15. The highest BCUT2D eigenvalue weighted by molar-refractivity contribution is 14.1. The Hall–Kier alpha value is -2.59. The van der Waals surface area contributed by atoms with E-state index < -0.39 is 5.97 Å². The van der Waals surface area contributed by atoms with Crippen LogP contribution in [0, 0.1) is 3.57 Å². The zero-order chi connectivity index (χ0) is 21.8. The summed E-state index contributed by atoms with van der Waals surface area (Å²) in [7, 11) is 0. The zero-order valence-electron chi connectivity index (χ0n) is 16.4. The van der Waals surface area contributed by atoms with Crippen molar-refractivity contribution in [3.8, 4) is 11.5 Å². The van der Waals surface area contributed by atoms with Gasteiger partial charge in [0.05, 0.1) is 17.3 Å². The monoisotopic (exact) mass is 593 g/mol. The van der Waals surface area contributed by atoms with Gasteiger partial charge in [-0.3, -0.25) is 0 Å². The highest BCUT2D eigenvalue weighted by Gasteiger charge is 2.26. The van der Waals surface area contributed by atoms with Gasteiger partial charge in [0.25, 0.3) is 5.90 Å². The Bertz CT molecular complexity index is 1150. The van der Waals surface area contributed by atoms with Gasteiger partial charge >= 0.3 is 5.97 Å². The van der Waals surface area contributed by atoms with Crippen molar-refractivity contribution < 1.29 is 23.4 Å². The van der Waals surface area contributed by atoms with Crippen molar-refractivity contribution in [2.45, 2.75) is 13.5 Å². The molecule has 0 spiro atoms. The third-order valence-corrected chi connectivity index (χ3v) is 5.59. The average Bonchev–Trinajstić information content (AvgIpc) is 3.39. The highest BCUT2D eigenvalue weighted by Crippen LogP contribution is 2.38. The van der Waals surface area contributed by atoms with Gasteiger partial charge < -0.3 is 18.6 Å². The Kier molecular flexibility index (Phi) is 6.77. The van der Waals surface area contributed by atoms with Gasteiger partial charge in [-0.25, -0.2) is 9.79 Å². The molecular formula is C23H17BrINO5. The maximum absolute atomic E-state index is 12.2. The average molecular weight is 594 g/mol. The molecule has 1 aromatic heterocycles. The second-order valence-corrected chi connectivity index (χ2v) is 8.59. The van der Waals surface area contributed by atoms with E-state index in [9.17, 15) is 4.79 Å². The summed E-state index contributed by atoms with van der Waals surface area (Å²) in [6.07, 6.45) is 3.13. The molecule has 0 atom stereocenters. The Morgan fingerprint density at radius 2 is 1.97 bits per heavy atom. The molecule has 0 saturated carbocycles. The van der Waals surface area contributed by atoms with E-state index in [2.05, 4.69) is 43.5 Å². The lowest BCUT2D eigenvalue weighted by atomic mass is 10.1. The quantitative estimate of drug-likeness (QED) is 0.192. The Morgan fingerprint density at radius 3 is 2.68 bits per heavy atom. The van der Waals surface area contributed by atoms with E-state index in [0.29, 0.717) is 40.5 Å². The van der Waals surface area contributed by atoms with Crippen LogP contribution < -0.4 is 9.47 Å². The fourth-order valence-corrected chi connectivity index (χ4v) is 3.82. The van der Waals surface area contributed by atoms with Gasteiger partial charge in [-0.2, -0.15) is 0 Å². The number of hydrogen-bond acceptors (Lipinski definition) is 6. The third-order valence-electron chi connectivity index (χ3n) is 4.28. The normalized spacial score (nSPS) is 14.5. The zero-order valence-corrected chi connectivity index (χ0v) is 20.2. The molecule has 31 heavy (non-hydrogen) atoms. The van der Waals surface area contributed by atoms with Gasteiger partial charge in [0.15, 0.2) is 23.0 Å². The van der Waals surface area contributed by atoms with Gasteiger partial charge in [-0.15, -0.1) is 0 Å². The van der Waals surface area contributed by atoms with Crippen LogP contribution in [0.5, 0.6) is 11.5 Å². The van der Waals surface area contributed by atoms with Gasteiger partial charge in [0.2, 0.25) is 0 Å². The lowest BCUT2D eigenvalue weighted by Gasteiger charge is -2.15. The molecule has 0 bridgehead atoms.